The fraction of sp³-hybridized carbons (Fsp3) is 0.562. The maximum atomic E-state index is 10.7. The summed E-state index contributed by atoms with van der Waals surface area (Å²) in [5.74, 6) is 0.302. The number of benzene rings is 1. The second-order valence-electron chi connectivity index (χ2n) is 4.63. The van der Waals surface area contributed by atoms with Gasteiger partial charge in [-0.05, 0) is 24.8 Å². The van der Waals surface area contributed by atoms with Crippen LogP contribution in [0.3, 0.4) is 0 Å². The summed E-state index contributed by atoms with van der Waals surface area (Å²) in [7, 11) is 0. The number of carbonyl (C=O) groups excluding carboxylic acids is 1. The van der Waals surface area contributed by atoms with Crippen molar-refractivity contribution in [3.8, 4) is 0 Å². The molecule has 0 spiro atoms. The lowest BCUT2D eigenvalue weighted by Gasteiger charge is -2.15. The largest absolute Gasteiger partial charge is 0.462 e. The second-order valence-corrected chi connectivity index (χ2v) is 4.63. The molecule has 0 aliphatic heterocycles. The van der Waals surface area contributed by atoms with Gasteiger partial charge in [0, 0.05) is 6.42 Å². The maximum Gasteiger partial charge on any atom is 0.305 e. The molecule has 1 rings (SSSR count). The van der Waals surface area contributed by atoms with Gasteiger partial charge in [0.1, 0.15) is 6.10 Å². The zero-order valence-electron chi connectivity index (χ0n) is 12.3. The normalized spacial score (nSPS) is 11.4. The van der Waals surface area contributed by atoms with Crippen molar-refractivity contribution in [3.05, 3.63) is 35.9 Å². The molecule has 102 valence electrons. The van der Waals surface area contributed by atoms with E-state index in [1.165, 1.54) is 5.56 Å². The van der Waals surface area contributed by atoms with Crippen molar-refractivity contribution in [2.45, 2.75) is 53.6 Å². The molecule has 0 unspecified atom stereocenters. The van der Waals surface area contributed by atoms with E-state index in [1.807, 2.05) is 26.8 Å². The molecule has 0 fully saturated rings. The Labute approximate surface area is 111 Å². The molecule has 1 aromatic rings. The highest BCUT2D eigenvalue weighted by Gasteiger charge is 2.10. The Bertz CT molecular complexity index is 317. The van der Waals surface area contributed by atoms with E-state index in [-0.39, 0.29) is 12.1 Å². The monoisotopic (exact) mass is 250 g/mol. The van der Waals surface area contributed by atoms with Crippen LogP contribution >= 0.6 is 0 Å². The first kappa shape index (κ1) is 16.7. The third-order valence-corrected chi connectivity index (χ3v) is 2.80. The number of rotatable bonds is 4. The number of ether oxygens (including phenoxy) is 1. The number of carbonyl (C=O) groups is 1. The van der Waals surface area contributed by atoms with Crippen molar-refractivity contribution in [1.82, 2.24) is 0 Å². The zero-order valence-corrected chi connectivity index (χ0v) is 12.3. The smallest absolute Gasteiger partial charge is 0.305 e. The van der Waals surface area contributed by atoms with Crippen LogP contribution in [0.5, 0.6) is 0 Å². The van der Waals surface area contributed by atoms with Crippen LogP contribution in [0.1, 0.15) is 46.6 Å². The van der Waals surface area contributed by atoms with Gasteiger partial charge in [-0.3, -0.25) is 4.79 Å². The SMILES string of the molecule is CCC(=O)O[C@@H](C)C(C)C.CCc1ccccc1. The summed E-state index contributed by atoms with van der Waals surface area (Å²) in [4.78, 5) is 10.7. The molecule has 0 aromatic heterocycles. The first-order valence-electron chi connectivity index (χ1n) is 6.74. The van der Waals surface area contributed by atoms with Crippen LogP contribution in [0.25, 0.3) is 0 Å². The number of hydrogen-bond donors (Lipinski definition) is 0. The topological polar surface area (TPSA) is 26.3 Å². The molecule has 0 saturated heterocycles. The number of aryl methyl sites for hydroxylation is 1. The predicted molar refractivity (Wildman–Crippen MR) is 76.5 cm³/mol. The van der Waals surface area contributed by atoms with Gasteiger partial charge in [-0.2, -0.15) is 0 Å². The second kappa shape index (κ2) is 9.69. The van der Waals surface area contributed by atoms with Crippen LogP contribution < -0.4 is 0 Å². The Balaban J connectivity index is 0.000000327. The van der Waals surface area contributed by atoms with Crippen LogP contribution in [0.15, 0.2) is 30.3 Å². The standard InChI is InChI=1S/C8H16O2.C8H10/c1-5-8(9)10-7(4)6(2)3;1-2-8-6-4-3-5-7-8/h6-7H,5H2,1-4H3;3-7H,2H2,1H3/t7-;/m0./s1. The summed E-state index contributed by atoms with van der Waals surface area (Å²) < 4.78 is 5.02. The van der Waals surface area contributed by atoms with Gasteiger partial charge in [-0.1, -0.05) is 58.0 Å². The van der Waals surface area contributed by atoms with Crippen LogP contribution in [0.4, 0.5) is 0 Å². The van der Waals surface area contributed by atoms with Gasteiger partial charge < -0.3 is 4.74 Å². The first-order valence-corrected chi connectivity index (χ1v) is 6.74. The average Bonchev–Trinajstić information content (AvgIpc) is 2.40. The summed E-state index contributed by atoms with van der Waals surface area (Å²) >= 11 is 0. The molecule has 0 heterocycles. The minimum atomic E-state index is -0.110. The van der Waals surface area contributed by atoms with E-state index in [4.69, 9.17) is 4.74 Å². The highest BCUT2D eigenvalue weighted by Crippen LogP contribution is 2.05. The van der Waals surface area contributed by atoms with Crippen molar-refractivity contribution in [3.63, 3.8) is 0 Å². The molecular formula is C16H26O2. The van der Waals surface area contributed by atoms with Crippen molar-refractivity contribution in [1.29, 1.82) is 0 Å². The van der Waals surface area contributed by atoms with Crippen LogP contribution in [0, 0.1) is 5.92 Å². The maximum absolute atomic E-state index is 10.7. The minimum absolute atomic E-state index is 0.0486. The third-order valence-electron chi connectivity index (χ3n) is 2.80. The molecule has 18 heavy (non-hydrogen) atoms. The van der Waals surface area contributed by atoms with E-state index in [1.54, 1.807) is 6.92 Å². The van der Waals surface area contributed by atoms with Crippen LogP contribution in [-0.2, 0) is 16.0 Å². The van der Waals surface area contributed by atoms with Gasteiger partial charge in [-0.15, -0.1) is 0 Å². The van der Waals surface area contributed by atoms with Crippen LogP contribution in [0.2, 0.25) is 0 Å². The molecular weight excluding hydrogens is 224 g/mol. The molecule has 0 N–H and O–H groups in total. The Kier molecular flexibility index (Phi) is 8.99. The molecule has 0 bridgehead atoms. The van der Waals surface area contributed by atoms with Gasteiger partial charge in [0.25, 0.3) is 0 Å². The van der Waals surface area contributed by atoms with Gasteiger partial charge in [0.2, 0.25) is 0 Å². The fourth-order valence-electron chi connectivity index (χ4n) is 1.14. The van der Waals surface area contributed by atoms with Crippen LogP contribution in [-0.4, -0.2) is 12.1 Å². The molecule has 0 amide bonds. The molecule has 0 aliphatic rings. The summed E-state index contributed by atoms with van der Waals surface area (Å²) in [6.07, 6.45) is 1.66. The van der Waals surface area contributed by atoms with E-state index in [9.17, 15) is 4.79 Å². The van der Waals surface area contributed by atoms with Gasteiger partial charge in [0.15, 0.2) is 0 Å². The lowest BCUT2D eigenvalue weighted by molar-refractivity contribution is -0.149. The van der Waals surface area contributed by atoms with Gasteiger partial charge >= 0.3 is 5.97 Å². The highest BCUT2D eigenvalue weighted by atomic mass is 16.5. The third kappa shape index (κ3) is 7.88. The molecule has 2 heteroatoms. The Morgan fingerprint density at radius 3 is 2.00 bits per heavy atom. The Morgan fingerprint density at radius 1 is 1.11 bits per heavy atom. The van der Waals surface area contributed by atoms with E-state index in [0.29, 0.717) is 12.3 Å². The molecule has 1 atom stereocenters. The molecule has 1 aromatic carbocycles. The Morgan fingerprint density at radius 2 is 1.67 bits per heavy atom. The zero-order chi connectivity index (χ0) is 14.0. The molecule has 0 saturated carbocycles. The summed E-state index contributed by atoms with van der Waals surface area (Å²) in [5.41, 5.74) is 1.41. The quantitative estimate of drug-likeness (QED) is 0.747. The van der Waals surface area contributed by atoms with E-state index in [0.717, 1.165) is 6.42 Å². The van der Waals surface area contributed by atoms with Crippen molar-refractivity contribution < 1.29 is 9.53 Å². The summed E-state index contributed by atoms with van der Waals surface area (Å²) in [5, 5.41) is 0. The number of esters is 1. The molecule has 0 aliphatic carbocycles. The Hall–Kier alpha value is -1.31. The van der Waals surface area contributed by atoms with Crippen molar-refractivity contribution in [2.75, 3.05) is 0 Å². The van der Waals surface area contributed by atoms with Gasteiger partial charge in [-0.25, -0.2) is 0 Å². The molecule has 2 nitrogen and oxygen atoms in total. The molecule has 0 radical (unpaired) electrons. The first-order chi connectivity index (χ1) is 8.51. The minimum Gasteiger partial charge on any atom is -0.462 e. The van der Waals surface area contributed by atoms with Crippen molar-refractivity contribution >= 4 is 5.97 Å². The van der Waals surface area contributed by atoms with Crippen molar-refractivity contribution in [2.24, 2.45) is 5.92 Å². The summed E-state index contributed by atoms with van der Waals surface area (Å²) in [6, 6.07) is 10.5. The average molecular weight is 250 g/mol. The fourth-order valence-corrected chi connectivity index (χ4v) is 1.14. The van der Waals surface area contributed by atoms with E-state index < -0.39 is 0 Å². The highest BCUT2D eigenvalue weighted by molar-refractivity contribution is 5.69. The van der Waals surface area contributed by atoms with Gasteiger partial charge in [0.05, 0.1) is 0 Å². The summed E-state index contributed by atoms with van der Waals surface area (Å²) in [6.45, 7) is 9.95. The van der Waals surface area contributed by atoms with E-state index in [2.05, 4.69) is 31.2 Å². The predicted octanol–water partition coefficient (Wildman–Crippen LogP) is 4.23. The lowest BCUT2D eigenvalue weighted by atomic mass is 10.1. The van der Waals surface area contributed by atoms with E-state index >= 15 is 0 Å². The number of hydrogen-bond acceptors (Lipinski definition) is 2. The lowest BCUT2D eigenvalue weighted by Crippen LogP contribution is -2.19.